The first-order valence-corrected chi connectivity index (χ1v) is 7.47. The molecular weight excluding hydrogens is 395 g/mol. The summed E-state index contributed by atoms with van der Waals surface area (Å²) in [7, 11) is 0. The number of nitrogens with zero attached hydrogens (tertiary/aromatic N) is 2. The van der Waals surface area contributed by atoms with Crippen molar-refractivity contribution < 1.29 is 13.2 Å². The minimum absolute atomic E-state index is 0.0379. The molecule has 120 valence electrons. The van der Waals surface area contributed by atoms with Crippen LogP contribution in [0.4, 0.5) is 19.0 Å². The summed E-state index contributed by atoms with van der Waals surface area (Å²) in [6.45, 7) is 0. The zero-order valence-corrected chi connectivity index (χ0v) is 13.8. The second-order valence-corrected chi connectivity index (χ2v) is 5.68. The van der Waals surface area contributed by atoms with Gasteiger partial charge in [0.05, 0.1) is 16.8 Å². The first-order chi connectivity index (χ1) is 10.9. The van der Waals surface area contributed by atoms with Crippen LogP contribution in [-0.4, -0.2) is 11.2 Å². The number of halogens is 5. The summed E-state index contributed by atoms with van der Waals surface area (Å²) >= 11 is 9.07. The van der Waals surface area contributed by atoms with Gasteiger partial charge in [-0.2, -0.15) is 18.3 Å². The van der Waals surface area contributed by atoms with Gasteiger partial charge in [0.25, 0.3) is 0 Å². The van der Waals surface area contributed by atoms with E-state index < -0.39 is 11.7 Å². The number of hydrogen-bond donors (Lipinski definition) is 1. The molecule has 0 saturated carbocycles. The monoisotopic (exact) mass is 403 g/mol. The Labute approximate surface area is 144 Å². The molecule has 2 rings (SSSR count). The highest BCUT2D eigenvalue weighted by Gasteiger charge is 2.31. The molecule has 8 heteroatoms. The van der Waals surface area contributed by atoms with Crippen molar-refractivity contribution in [1.82, 2.24) is 4.98 Å². The standard InChI is InChI=1S/C15H10BrClF3N3/c16-12(6-10-4-2-1-3-5-10)9-22-23-14-13(17)7-11(8-21-14)15(18,19)20/h1-9H,(H,21,23)/b12-6-,22-9-. The molecule has 2 aromatic rings. The number of hydrogen-bond acceptors (Lipinski definition) is 3. The Morgan fingerprint density at radius 3 is 2.57 bits per heavy atom. The maximum absolute atomic E-state index is 12.5. The summed E-state index contributed by atoms with van der Waals surface area (Å²) in [6.07, 6.45) is -0.520. The van der Waals surface area contributed by atoms with Gasteiger partial charge in [-0.1, -0.05) is 41.9 Å². The van der Waals surface area contributed by atoms with Gasteiger partial charge in [0.1, 0.15) is 0 Å². The summed E-state index contributed by atoms with van der Waals surface area (Å²) in [6, 6.07) is 10.3. The van der Waals surface area contributed by atoms with Crippen LogP contribution in [0.25, 0.3) is 6.08 Å². The van der Waals surface area contributed by atoms with Crippen molar-refractivity contribution in [2.24, 2.45) is 5.10 Å². The number of allylic oxidation sites excluding steroid dienone is 1. The SMILES string of the molecule is FC(F)(F)c1cnc(N/N=C\C(Br)=C\c2ccccc2)c(Cl)c1. The fourth-order valence-electron chi connectivity index (χ4n) is 1.58. The number of anilines is 1. The zero-order chi connectivity index (χ0) is 16.9. The van der Waals surface area contributed by atoms with Crippen LogP contribution in [-0.2, 0) is 6.18 Å². The number of hydrazone groups is 1. The van der Waals surface area contributed by atoms with E-state index in [4.69, 9.17) is 11.6 Å². The molecule has 0 fully saturated rings. The molecule has 0 aliphatic rings. The van der Waals surface area contributed by atoms with Gasteiger partial charge in [-0.05, 0) is 33.6 Å². The average molecular weight is 405 g/mol. The van der Waals surface area contributed by atoms with Crippen LogP contribution in [0.1, 0.15) is 11.1 Å². The fourth-order valence-corrected chi connectivity index (χ4v) is 2.15. The Kier molecular flexibility index (Phi) is 5.79. The number of rotatable bonds is 4. The normalized spacial score (nSPS) is 12.7. The van der Waals surface area contributed by atoms with Crippen LogP contribution in [0.2, 0.25) is 5.02 Å². The summed E-state index contributed by atoms with van der Waals surface area (Å²) in [5.41, 5.74) is 2.55. The molecule has 0 saturated heterocycles. The van der Waals surface area contributed by atoms with Gasteiger partial charge in [-0.15, -0.1) is 0 Å². The summed E-state index contributed by atoms with van der Waals surface area (Å²) < 4.78 is 38.2. The molecular formula is C15H10BrClF3N3. The molecule has 0 bridgehead atoms. The lowest BCUT2D eigenvalue weighted by Crippen LogP contribution is -2.06. The number of pyridine rings is 1. The van der Waals surface area contributed by atoms with E-state index in [0.29, 0.717) is 10.7 Å². The van der Waals surface area contributed by atoms with Crippen LogP contribution < -0.4 is 5.43 Å². The van der Waals surface area contributed by atoms with Crippen LogP contribution in [0, 0.1) is 0 Å². The van der Waals surface area contributed by atoms with E-state index in [1.165, 1.54) is 6.21 Å². The molecule has 1 N–H and O–H groups in total. The van der Waals surface area contributed by atoms with E-state index in [9.17, 15) is 13.2 Å². The summed E-state index contributed by atoms with van der Waals surface area (Å²) in [4.78, 5) is 3.61. The van der Waals surface area contributed by atoms with Crippen molar-refractivity contribution in [2.45, 2.75) is 6.18 Å². The minimum Gasteiger partial charge on any atom is -0.260 e. The third-order valence-corrected chi connectivity index (χ3v) is 3.35. The van der Waals surface area contributed by atoms with E-state index in [1.807, 2.05) is 36.4 Å². The van der Waals surface area contributed by atoms with Gasteiger partial charge in [0.2, 0.25) is 0 Å². The van der Waals surface area contributed by atoms with E-state index >= 15 is 0 Å². The lowest BCUT2D eigenvalue weighted by atomic mass is 10.2. The fraction of sp³-hybridized carbons (Fsp3) is 0.0667. The van der Waals surface area contributed by atoms with Crippen molar-refractivity contribution in [3.63, 3.8) is 0 Å². The van der Waals surface area contributed by atoms with E-state index in [0.717, 1.165) is 11.6 Å². The quantitative estimate of drug-likeness (QED) is 0.533. The topological polar surface area (TPSA) is 37.3 Å². The maximum atomic E-state index is 12.5. The smallest absolute Gasteiger partial charge is 0.260 e. The molecule has 3 nitrogen and oxygen atoms in total. The predicted octanol–water partition coefficient (Wildman–Crippen LogP) is 5.59. The molecule has 0 atom stereocenters. The number of nitrogens with one attached hydrogen (secondary N) is 1. The highest BCUT2D eigenvalue weighted by molar-refractivity contribution is 9.12. The Balaban J connectivity index is 2.04. The Morgan fingerprint density at radius 2 is 1.96 bits per heavy atom. The van der Waals surface area contributed by atoms with Crippen LogP contribution in [0.5, 0.6) is 0 Å². The molecule has 23 heavy (non-hydrogen) atoms. The molecule has 1 aromatic carbocycles. The highest BCUT2D eigenvalue weighted by Crippen LogP contribution is 2.32. The first kappa shape index (κ1) is 17.5. The van der Waals surface area contributed by atoms with Crippen LogP contribution in [0.15, 0.2) is 52.2 Å². The van der Waals surface area contributed by atoms with Crippen molar-refractivity contribution in [1.29, 1.82) is 0 Å². The van der Waals surface area contributed by atoms with E-state index in [1.54, 1.807) is 0 Å². The van der Waals surface area contributed by atoms with E-state index in [-0.39, 0.29) is 10.8 Å². The van der Waals surface area contributed by atoms with Gasteiger partial charge in [0.15, 0.2) is 5.82 Å². The molecule has 1 aromatic heterocycles. The Hall–Kier alpha value is -1.86. The number of alkyl halides is 3. The zero-order valence-electron chi connectivity index (χ0n) is 11.5. The summed E-state index contributed by atoms with van der Waals surface area (Å²) in [5.74, 6) is 0.0379. The van der Waals surface area contributed by atoms with Gasteiger partial charge in [-0.25, -0.2) is 4.98 Å². The molecule has 0 unspecified atom stereocenters. The number of benzene rings is 1. The van der Waals surface area contributed by atoms with Gasteiger partial charge >= 0.3 is 6.18 Å². The average Bonchev–Trinajstić information content (AvgIpc) is 2.49. The lowest BCUT2D eigenvalue weighted by molar-refractivity contribution is -0.137. The molecule has 0 radical (unpaired) electrons. The molecule has 0 spiro atoms. The third kappa shape index (κ3) is 5.37. The Morgan fingerprint density at radius 1 is 1.26 bits per heavy atom. The molecule has 0 amide bonds. The highest BCUT2D eigenvalue weighted by atomic mass is 79.9. The van der Waals surface area contributed by atoms with Crippen LogP contribution in [0.3, 0.4) is 0 Å². The van der Waals surface area contributed by atoms with Gasteiger partial charge in [-0.3, -0.25) is 5.43 Å². The summed E-state index contributed by atoms with van der Waals surface area (Å²) in [5, 5.41) is 3.71. The predicted molar refractivity (Wildman–Crippen MR) is 89.7 cm³/mol. The van der Waals surface area contributed by atoms with Crippen molar-refractivity contribution in [3.05, 3.63) is 63.2 Å². The second-order valence-electron chi connectivity index (χ2n) is 4.36. The van der Waals surface area contributed by atoms with E-state index in [2.05, 4.69) is 31.4 Å². The van der Waals surface area contributed by atoms with Crippen molar-refractivity contribution in [3.8, 4) is 0 Å². The second kappa shape index (κ2) is 7.61. The molecule has 0 aliphatic carbocycles. The lowest BCUT2D eigenvalue weighted by Gasteiger charge is -2.08. The molecule has 0 aliphatic heterocycles. The molecule has 1 heterocycles. The van der Waals surface area contributed by atoms with Crippen LogP contribution >= 0.6 is 27.5 Å². The van der Waals surface area contributed by atoms with Gasteiger partial charge in [0, 0.05) is 10.7 Å². The van der Waals surface area contributed by atoms with Crippen molar-refractivity contribution in [2.75, 3.05) is 5.43 Å². The van der Waals surface area contributed by atoms with Gasteiger partial charge < -0.3 is 0 Å². The largest absolute Gasteiger partial charge is 0.417 e. The number of aromatic nitrogens is 1. The first-order valence-electron chi connectivity index (χ1n) is 6.30. The Bertz CT molecular complexity index is 730. The maximum Gasteiger partial charge on any atom is 0.417 e. The minimum atomic E-state index is -4.49. The third-order valence-electron chi connectivity index (χ3n) is 2.63. The van der Waals surface area contributed by atoms with Crippen molar-refractivity contribution >= 4 is 45.6 Å².